The van der Waals surface area contributed by atoms with Crippen LogP contribution in [0.1, 0.15) is 77.3 Å². The smallest absolute Gasteiger partial charge is 0.247 e. The lowest BCUT2D eigenvalue weighted by atomic mass is 10.0. The number of nitrogens with one attached hydrogen (secondary N) is 1. The minimum Gasteiger partial charge on any atom is -0.493 e. The predicted octanol–water partition coefficient (Wildman–Crippen LogP) is 4.86. The summed E-state index contributed by atoms with van der Waals surface area (Å²) in [4.78, 5) is 28.2. The number of hydrogen-bond acceptors (Lipinski definition) is 5. The van der Waals surface area contributed by atoms with Crippen LogP contribution >= 0.6 is 11.6 Å². The maximum absolute atomic E-state index is 13.7. The molecule has 0 radical (unpaired) electrons. The fraction of sp³-hybridized carbons (Fsp3) is 0.692. The second-order valence-corrected chi connectivity index (χ2v) is 9.22. The minimum absolute atomic E-state index is 0.0260. The average Bonchev–Trinajstić information content (AvgIpc) is 3.09. The number of benzene rings is 1. The SMILES string of the molecule is CCOCCCN(C(=O)CCl)[C@H](C(=O)NC1CCCCCC1)c1ccc(OC(C)C)c(OC)c1. The van der Waals surface area contributed by atoms with Crippen LogP contribution in [0.5, 0.6) is 11.5 Å². The maximum Gasteiger partial charge on any atom is 0.247 e. The number of ether oxygens (including phenoxy) is 3. The van der Waals surface area contributed by atoms with E-state index >= 15 is 0 Å². The highest BCUT2D eigenvalue weighted by Crippen LogP contribution is 2.33. The molecule has 0 aliphatic heterocycles. The van der Waals surface area contributed by atoms with Crippen molar-refractivity contribution < 1.29 is 23.8 Å². The number of nitrogens with zero attached hydrogens (tertiary/aromatic N) is 1. The van der Waals surface area contributed by atoms with E-state index in [2.05, 4.69) is 5.32 Å². The molecule has 0 saturated heterocycles. The van der Waals surface area contributed by atoms with E-state index in [1.807, 2.05) is 26.8 Å². The van der Waals surface area contributed by atoms with Crippen molar-refractivity contribution in [2.45, 2.75) is 83.9 Å². The van der Waals surface area contributed by atoms with Crippen LogP contribution < -0.4 is 14.8 Å². The third-order valence-electron chi connectivity index (χ3n) is 5.95. The van der Waals surface area contributed by atoms with Gasteiger partial charge in [-0.15, -0.1) is 11.6 Å². The molecule has 7 nitrogen and oxygen atoms in total. The first-order chi connectivity index (χ1) is 16.4. The van der Waals surface area contributed by atoms with Gasteiger partial charge in [0, 0.05) is 25.8 Å². The molecule has 1 aliphatic rings. The topological polar surface area (TPSA) is 77.1 Å². The van der Waals surface area contributed by atoms with Gasteiger partial charge in [-0.1, -0.05) is 31.7 Å². The second-order valence-electron chi connectivity index (χ2n) is 8.95. The van der Waals surface area contributed by atoms with Crippen molar-refractivity contribution in [1.29, 1.82) is 0 Å². The van der Waals surface area contributed by atoms with Crippen LogP contribution in [0.25, 0.3) is 0 Å². The molecule has 8 heteroatoms. The van der Waals surface area contributed by atoms with Crippen molar-refractivity contribution >= 4 is 23.4 Å². The maximum atomic E-state index is 13.7. The lowest BCUT2D eigenvalue weighted by Crippen LogP contribution is -2.47. The third kappa shape index (κ3) is 8.66. The number of carbonyl (C=O) groups is 2. The van der Waals surface area contributed by atoms with Gasteiger partial charge in [0.05, 0.1) is 13.2 Å². The molecule has 1 aromatic carbocycles. The molecule has 1 N–H and O–H groups in total. The van der Waals surface area contributed by atoms with Gasteiger partial charge in [-0.25, -0.2) is 0 Å². The van der Waals surface area contributed by atoms with Gasteiger partial charge in [0.15, 0.2) is 11.5 Å². The summed E-state index contributed by atoms with van der Waals surface area (Å²) in [5, 5.41) is 3.22. The molecular weight excluding hydrogens is 456 g/mol. The summed E-state index contributed by atoms with van der Waals surface area (Å²) >= 11 is 5.98. The number of halogens is 1. The highest BCUT2D eigenvalue weighted by atomic mass is 35.5. The van der Waals surface area contributed by atoms with Gasteiger partial charge in [0.1, 0.15) is 11.9 Å². The molecule has 0 bridgehead atoms. The van der Waals surface area contributed by atoms with Crippen molar-refractivity contribution in [2.24, 2.45) is 0 Å². The van der Waals surface area contributed by atoms with Gasteiger partial charge in [0.2, 0.25) is 11.8 Å². The molecule has 1 atom stereocenters. The summed E-state index contributed by atoms with van der Waals surface area (Å²) in [6, 6.07) is 4.70. The molecule has 0 aromatic heterocycles. The Morgan fingerprint density at radius 2 is 1.85 bits per heavy atom. The van der Waals surface area contributed by atoms with Crippen molar-refractivity contribution in [3.63, 3.8) is 0 Å². The van der Waals surface area contributed by atoms with Gasteiger partial charge in [-0.05, 0) is 57.7 Å². The van der Waals surface area contributed by atoms with Crippen LogP contribution in [0.2, 0.25) is 0 Å². The molecule has 0 heterocycles. The standard InChI is InChI=1S/C26H41ClN2O5/c1-5-33-16-10-15-29(24(30)18-27)25(26(31)28-21-11-8-6-7-9-12-21)20-13-14-22(34-19(2)3)23(17-20)32-4/h13-14,17,19,21,25H,5-12,15-16,18H2,1-4H3,(H,28,31)/t25-/m0/s1. The van der Waals surface area contributed by atoms with E-state index < -0.39 is 6.04 Å². The first-order valence-electron chi connectivity index (χ1n) is 12.5. The number of alkyl halides is 1. The average molecular weight is 497 g/mol. The van der Waals surface area contributed by atoms with Gasteiger partial charge in [-0.3, -0.25) is 9.59 Å². The zero-order chi connectivity index (χ0) is 24.9. The monoisotopic (exact) mass is 496 g/mol. The Labute approximate surface area is 209 Å². The largest absolute Gasteiger partial charge is 0.493 e. The van der Waals surface area contributed by atoms with Crippen LogP contribution in [0.4, 0.5) is 0 Å². The van der Waals surface area contributed by atoms with E-state index in [9.17, 15) is 9.59 Å². The number of hydrogen-bond donors (Lipinski definition) is 1. The lowest BCUT2D eigenvalue weighted by Gasteiger charge is -2.32. The molecule has 1 fully saturated rings. The van der Waals surface area contributed by atoms with E-state index in [0.29, 0.717) is 43.2 Å². The fourth-order valence-electron chi connectivity index (χ4n) is 4.34. The van der Waals surface area contributed by atoms with Crippen molar-refractivity contribution in [2.75, 3.05) is 32.7 Å². The zero-order valence-electron chi connectivity index (χ0n) is 21.1. The van der Waals surface area contributed by atoms with Crippen LogP contribution in [-0.4, -0.2) is 61.6 Å². The zero-order valence-corrected chi connectivity index (χ0v) is 21.9. The predicted molar refractivity (Wildman–Crippen MR) is 135 cm³/mol. The van der Waals surface area contributed by atoms with Crippen LogP contribution in [-0.2, 0) is 14.3 Å². The summed E-state index contributed by atoms with van der Waals surface area (Å²) in [5.74, 6) is 0.428. The van der Waals surface area contributed by atoms with E-state index in [-0.39, 0.29) is 29.8 Å². The summed E-state index contributed by atoms with van der Waals surface area (Å²) in [6.45, 7) is 7.28. The molecule has 0 unspecified atom stereocenters. The Kier molecular flexibility index (Phi) is 12.5. The van der Waals surface area contributed by atoms with E-state index in [1.54, 1.807) is 24.1 Å². The summed E-state index contributed by atoms with van der Waals surface area (Å²) in [6.07, 6.45) is 7.08. The highest BCUT2D eigenvalue weighted by Gasteiger charge is 2.33. The van der Waals surface area contributed by atoms with Crippen molar-refractivity contribution in [3.8, 4) is 11.5 Å². The number of rotatable bonds is 13. The Balaban J connectivity index is 2.39. The quantitative estimate of drug-likeness (QED) is 0.240. The first kappa shape index (κ1) is 28.2. The molecular formula is C26H41ClN2O5. The third-order valence-corrected chi connectivity index (χ3v) is 6.18. The van der Waals surface area contributed by atoms with E-state index in [4.69, 9.17) is 25.8 Å². The summed E-state index contributed by atoms with van der Waals surface area (Å²) in [5.41, 5.74) is 0.661. The Hall–Kier alpha value is -1.99. The van der Waals surface area contributed by atoms with Gasteiger partial charge in [-0.2, -0.15) is 0 Å². The van der Waals surface area contributed by atoms with E-state index in [0.717, 1.165) is 25.7 Å². The second kappa shape index (κ2) is 15.1. The van der Waals surface area contributed by atoms with Crippen LogP contribution in [0.15, 0.2) is 18.2 Å². The Morgan fingerprint density at radius 1 is 1.15 bits per heavy atom. The Bertz CT molecular complexity index is 766. The van der Waals surface area contributed by atoms with Crippen molar-refractivity contribution in [3.05, 3.63) is 23.8 Å². The molecule has 0 spiro atoms. The molecule has 2 rings (SSSR count). The van der Waals surface area contributed by atoms with Crippen LogP contribution in [0, 0.1) is 0 Å². The molecule has 1 aliphatic carbocycles. The van der Waals surface area contributed by atoms with Crippen molar-refractivity contribution in [1.82, 2.24) is 10.2 Å². The van der Waals surface area contributed by atoms with Gasteiger partial charge in [0.25, 0.3) is 0 Å². The Morgan fingerprint density at radius 3 is 2.44 bits per heavy atom. The molecule has 2 amide bonds. The number of carbonyl (C=O) groups excluding carboxylic acids is 2. The van der Waals surface area contributed by atoms with E-state index in [1.165, 1.54) is 12.8 Å². The number of methoxy groups -OCH3 is 1. The summed E-state index contributed by atoms with van der Waals surface area (Å²) in [7, 11) is 1.57. The molecule has 34 heavy (non-hydrogen) atoms. The lowest BCUT2D eigenvalue weighted by molar-refractivity contribution is -0.139. The first-order valence-corrected chi connectivity index (χ1v) is 13.0. The minimum atomic E-state index is -0.821. The molecule has 1 aromatic rings. The normalized spacial score (nSPS) is 15.5. The van der Waals surface area contributed by atoms with Gasteiger partial charge >= 0.3 is 0 Å². The molecule has 192 valence electrons. The van der Waals surface area contributed by atoms with Gasteiger partial charge < -0.3 is 24.4 Å². The fourth-order valence-corrected chi connectivity index (χ4v) is 4.49. The summed E-state index contributed by atoms with van der Waals surface area (Å²) < 4.78 is 16.9. The number of amides is 2. The molecule has 1 saturated carbocycles. The highest BCUT2D eigenvalue weighted by molar-refractivity contribution is 6.27. The van der Waals surface area contributed by atoms with Crippen LogP contribution in [0.3, 0.4) is 0 Å².